The minimum absolute atomic E-state index is 0.156. The van der Waals surface area contributed by atoms with Crippen LogP contribution < -0.4 is 4.90 Å². The first kappa shape index (κ1) is 12.2. The van der Waals surface area contributed by atoms with E-state index in [0.29, 0.717) is 5.69 Å². The normalized spacial score (nSPS) is 10.4. The standard InChI is InChI=1S/C13H14N2O3/c1-8-4-5-9(6-11(8)15(2)3)10-7-12(13(16)17)18-14-10/h4-7H,1-3H3,(H,16,17). The first-order chi connectivity index (χ1) is 8.49. The number of rotatable bonds is 3. The van der Waals surface area contributed by atoms with Gasteiger partial charge < -0.3 is 14.5 Å². The average Bonchev–Trinajstić information content (AvgIpc) is 2.78. The molecule has 0 unspecified atom stereocenters. The fourth-order valence-corrected chi connectivity index (χ4v) is 1.76. The summed E-state index contributed by atoms with van der Waals surface area (Å²) in [6, 6.07) is 7.25. The van der Waals surface area contributed by atoms with Gasteiger partial charge in [-0.2, -0.15) is 0 Å². The SMILES string of the molecule is Cc1ccc(-c2cc(C(=O)O)on2)cc1N(C)C. The van der Waals surface area contributed by atoms with Crippen LogP contribution >= 0.6 is 0 Å². The molecule has 1 aromatic heterocycles. The maximum Gasteiger partial charge on any atom is 0.374 e. The number of carboxylic acids is 1. The molecule has 0 aliphatic rings. The molecule has 1 aromatic carbocycles. The lowest BCUT2D eigenvalue weighted by Gasteiger charge is -2.16. The van der Waals surface area contributed by atoms with E-state index in [2.05, 4.69) is 5.16 Å². The molecule has 0 radical (unpaired) electrons. The van der Waals surface area contributed by atoms with E-state index in [1.807, 2.05) is 44.1 Å². The molecule has 5 heteroatoms. The smallest absolute Gasteiger partial charge is 0.374 e. The second-order valence-electron chi connectivity index (χ2n) is 4.28. The van der Waals surface area contributed by atoms with Crippen molar-refractivity contribution in [3.05, 3.63) is 35.6 Å². The minimum Gasteiger partial charge on any atom is -0.475 e. The van der Waals surface area contributed by atoms with Crippen molar-refractivity contribution in [3.63, 3.8) is 0 Å². The average molecular weight is 246 g/mol. The van der Waals surface area contributed by atoms with Gasteiger partial charge in [-0.05, 0) is 18.6 Å². The molecule has 5 nitrogen and oxygen atoms in total. The van der Waals surface area contributed by atoms with Crippen molar-refractivity contribution >= 4 is 11.7 Å². The van der Waals surface area contributed by atoms with Crippen LogP contribution in [0.2, 0.25) is 0 Å². The highest BCUT2D eigenvalue weighted by Crippen LogP contribution is 2.26. The van der Waals surface area contributed by atoms with E-state index < -0.39 is 5.97 Å². The Morgan fingerprint density at radius 2 is 2.06 bits per heavy atom. The summed E-state index contributed by atoms with van der Waals surface area (Å²) >= 11 is 0. The molecule has 1 heterocycles. The van der Waals surface area contributed by atoms with E-state index in [0.717, 1.165) is 16.8 Å². The maximum absolute atomic E-state index is 10.7. The molecule has 1 N–H and O–H groups in total. The molecular weight excluding hydrogens is 232 g/mol. The number of aromatic carboxylic acids is 1. The molecule has 0 spiro atoms. The molecule has 0 saturated carbocycles. The van der Waals surface area contributed by atoms with Gasteiger partial charge in [0.25, 0.3) is 0 Å². The zero-order valence-electron chi connectivity index (χ0n) is 10.5. The Kier molecular flexibility index (Phi) is 3.06. The zero-order valence-corrected chi connectivity index (χ0v) is 10.5. The van der Waals surface area contributed by atoms with Gasteiger partial charge in [-0.3, -0.25) is 0 Å². The van der Waals surface area contributed by atoms with E-state index in [1.165, 1.54) is 6.07 Å². The lowest BCUT2D eigenvalue weighted by molar-refractivity contribution is 0.0652. The van der Waals surface area contributed by atoms with Crippen LogP contribution in [0.15, 0.2) is 28.8 Å². The number of hydrogen-bond donors (Lipinski definition) is 1. The van der Waals surface area contributed by atoms with Crippen molar-refractivity contribution in [1.82, 2.24) is 5.16 Å². The highest BCUT2D eigenvalue weighted by atomic mass is 16.5. The number of benzene rings is 1. The fraction of sp³-hybridized carbons (Fsp3) is 0.231. The van der Waals surface area contributed by atoms with Gasteiger partial charge in [0.15, 0.2) is 0 Å². The molecule has 0 atom stereocenters. The monoisotopic (exact) mass is 246 g/mol. The van der Waals surface area contributed by atoms with E-state index in [-0.39, 0.29) is 5.76 Å². The van der Waals surface area contributed by atoms with Crippen molar-refractivity contribution < 1.29 is 14.4 Å². The first-order valence-electron chi connectivity index (χ1n) is 5.47. The van der Waals surface area contributed by atoms with Gasteiger partial charge >= 0.3 is 5.97 Å². The number of nitrogens with zero attached hydrogens (tertiary/aromatic N) is 2. The predicted octanol–water partition coefficient (Wildman–Crippen LogP) is 2.41. The predicted molar refractivity (Wildman–Crippen MR) is 68.0 cm³/mol. The second-order valence-corrected chi connectivity index (χ2v) is 4.28. The lowest BCUT2D eigenvalue weighted by Crippen LogP contribution is -2.10. The first-order valence-corrected chi connectivity index (χ1v) is 5.47. The van der Waals surface area contributed by atoms with Crippen LogP contribution in [0.25, 0.3) is 11.3 Å². The summed E-state index contributed by atoms with van der Waals surface area (Å²) in [5.41, 5.74) is 3.56. The van der Waals surface area contributed by atoms with Crippen LogP contribution in [-0.2, 0) is 0 Å². The number of hydrogen-bond acceptors (Lipinski definition) is 4. The molecule has 0 fully saturated rings. The lowest BCUT2D eigenvalue weighted by atomic mass is 10.1. The number of aromatic nitrogens is 1. The summed E-state index contributed by atoms with van der Waals surface area (Å²) in [5.74, 6) is -1.27. The zero-order chi connectivity index (χ0) is 13.3. The van der Waals surface area contributed by atoms with Crippen LogP contribution in [0.4, 0.5) is 5.69 Å². The van der Waals surface area contributed by atoms with Crippen molar-refractivity contribution in [3.8, 4) is 11.3 Å². The largest absolute Gasteiger partial charge is 0.475 e. The van der Waals surface area contributed by atoms with Crippen LogP contribution in [0, 0.1) is 6.92 Å². The molecule has 0 aliphatic carbocycles. The third-order valence-corrected chi connectivity index (χ3v) is 2.71. The topological polar surface area (TPSA) is 66.6 Å². The van der Waals surface area contributed by atoms with Crippen LogP contribution in [0.3, 0.4) is 0 Å². The van der Waals surface area contributed by atoms with Gasteiger partial charge in [0.2, 0.25) is 5.76 Å². The Hall–Kier alpha value is -2.30. The van der Waals surface area contributed by atoms with Gasteiger partial charge in [-0.15, -0.1) is 0 Å². The molecule has 0 aliphatic heterocycles. The molecule has 18 heavy (non-hydrogen) atoms. The highest BCUT2D eigenvalue weighted by Gasteiger charge is 2.13. The summed E-state index contributed by atoms with van der Waals surface area (Å²) in [7, 11) is 3.91. The van der Waals surface area contributed by atoms with Gasteiger partial charge in [0.1, 0.15) is 5.69 Å². The van der Waals surface area contributed by atoms with E-state index in [4.69, 9.17) is 9.63 Å². The summed E-state index contributed by atoms with van der Waals surface area (Å²) in [6.45, 7) is 2.02. The number of carbonyl (C=O) groups is 1. The Morgan fingerprint density at radius 3 is 2.61 bits per heavy atom. The van der Waals surface area contributed by atoms with E-state index in [1.54, 1.807) is 0 Å². The van der Waals surface area contributed by atoms with Gasteiger partial charge in [0, 0.05) is 31.4 Å². The Bertz CT molecular complexity index is 588. The maximum atomic E-state index is 10.7. The number of carboxylic acid groups (broad SMARTS) is 1. The van der Waals surface area contributed by atoms with E-state index >= 15 is 0 Å². The van der Waals surface area contributed by atoms with E-state index in [9.17, 15) is 4.79 Å². The summed E-state index contributed by atoms with van der Waals surface area (Å²) < 4.78 is 4.75. The van der Waals surface area contributed by atoms with Gasteiger partial charge in [-0.1, -0.05) is 17.3 Å². The molecule has 0 amide bonds. The number of aryl methyl sites for hydroxylation is 1. The Balaban J connectivity index is 2.44. The van der Waals surface area contributed by atoms with Gasteiger partial charge in [-0.25, -0.2) is 4.79 Å². The summed E-state index contributed by atoms with van der Waals surface area (Å²) in [5, 5.41) is 12.6. The highest BCUT2D eigenvalue weighted by molar-refractivity contribution is 5.85. The summed E-state index contributed by atoms with van der Waals surface area (Å²) in [4.78, 5) is 12.7. The van der Waals surface area contributed by atoms with Crippen molar-refractivity contribution in [2.45, 2.75) is 6.92 Å². The second kappa shape index (κ2) is 4.52. The van der Waals surface area contributed by atoms with Crippen molar-refractivity contribution in [1.29, 1.82) is 0 Å². The van der Waals surface area contributed by atoms with Crippen LogP contribution in [-0.4, -0.2) is 30.3 Å². The van der Waals surface area contributed by atoms with Crippen molar-refractivity contribution in [2.24, 2.45) is 0 Å². The molecule has 0 saturated heterocycles. The number of anilines is 1. The molecular formula is C13H14N2O3. The van der Waals surface area contributed by atoms with Crippen LogP contribution in [0.1, 0.15) is 16.1 Å². The fourth-order valence-electron chi connectivity index (χ4n) is 1.76. The molecule has 0 bridgehead atoms. The quantitative estimate of drug-likeness (QED) is 0.900. The van der Waals surface area contributed by atoms with Crippen LogP contribution in [0.5, 0.6) is 0 Å². The third-order valence-electron chi connectivity index (χ3n) is 2.71. The summed E-state index contributed by atoms with van der Waals surface area (Å²) in [6.07, 6.45) is 0. The minimum atomic E-state index is -1.12. The van der Waals surface area contributed by atoms with Gasteiger partial charge in [0.05, 0.1) is 0 Å². The molecule has 94 valence electrons. The Labute approximate surface area is 105 Å². The third kappa shape index (κ3) is 2.20. The Morgan fingerprint density at radius 1 is 1.33 bits per heavy atom. The molecule has 2 rings (SSSR count). The van der Waals surface area contributed by atoms with Crippen molar-refractivity contribution in [2.75, 3.05) is 19.0 Å². The molecule has 2 aromatic rings.